The molecule has 34 heavy (non-hydrogen) atoms. The average molecular weight is 483 g/mol. The molecule has 3 aromatic rings. The summed E-state index contributed by atoms with van der Waals surface area (Å²) in [7, 11) is 0. The van der Waals surface area contributed by atoms with Crippen LogP contribution in [0.1, 0.15) is 40.0 Å². The minimum absolute atomic E-state index is 0.0754. The Bertz CT molecular complexity index is 1260. The Morgan fingerprint density at radius 2 is 1.97 bits per heavy atom. The predicted molar refractivity (Wildman–Crippen MR) is 124 cm³/mol. The van der Waals surface area contributed by atoms with Gasteiger partial charge in [-0.1, -0.05) is 0 Å². The molecule has 1 fully saturated rings. The molecule has 1 aromatic heterocycles. The third kappa shape index (κ3) is 4.45. The van der Waals surface area contributed by atoms with Gasteiger partial charge >= 0.3 is 0 Å². The van der Waals surface area contributed by atoms with E-state index in [0.29, 0.717) is 18.4 Å². The van der Waals surface area contributed by atoms with E-state index in [0.717, 1.165) is 16.3 Å². The van der Waals surface area contributed by atoms with Crippen molar-refractivity contribution < 1.29 is 23.5 Å². The van der Waals surface area contributed by atoms with Crippen molar-refractivity contribution in [1.82, 2.24) is 20.5 Å². The van der Waals surface area contributed by atoms with Crippen molar-refractivity contribution >= 4 is 39.3 Å². The molecule has 0 radical (unpaired) electrons. The van der Waals surface area contributed by atoms with E-state index in [1.807, 2.05) is 12.1 Å². The van der Waals surface area contributed by atoms with Gasteiger partial charge in [0, 0.05) is 30.6 Å². The van der Waals surface area contributed by atoms with E-state index in [9.17, 15) is 18.8 Å². The summed E-state index contributed by atoms with van der Waals surface area (Å²) in [6.45, 7) is 0.535. The molecule has 2 aromatic carbocycles. The number of carbonyl (C=O) groups is 3. The topological polar surface area (TPSA) is 101 Å². The van der Waals surface area contributed by atoms with Crippen LogP contribution in [0.5, 0.6) is 5.75 Å². The highest BCUT2D eigenvalue weighted by Crippen LogP contribution is 2.30. The zero-order valence-electron chi connectivity index (χ0n) is 18.3. The van der Waals surface area contributed by atoms with Crippen LogP contribution < -0.4 is 15.4 Å². The molecule has 2 N–H and O–H groups in total. The number of hydrogen-bond acceptors (Lipinski definition) is 6. The van der Waals surface area contributed by atoms with Crippen molar-refractivity contribution in [3.05, 3.63) is 58.9 Å². The van der Waals surface area contributed by atoms with Gasteiger partial charge in [-0.2, -0.15) is 0 Å². The molecule has 3 amide bonds. The molecule has 2 atom stereocenters. The lowest BCUT2D eigenvalue weighted by molar-refractivity contribution is -0.122. The summed E-state index contributed by atoms with van der Waals surface area (Å²) in [5.41, 5.74) is 3.15. The van der Waals surface area contributed by atoms with Gasteiger partial charge in [-0.3, -0.25) is 14.4 Å². The Hall–Kier alpha value is -3.53. The lowest BCUT2D eigenvalue weighted by atomic mass is 10.1. The van der Waals surface area contributed by atoms with Gasteiger partial charge in [0.2, 0.25) is 5.91 Å². The largest absolute Gasteiger partial charge is 0.491 e. The number of ether oxygens (including phenoxy) is 1. The van der Waals surface area contributed by atoms with E-state index in [1.165, 1.54) is 23.5 Å². The van der Waals surface area contributed by atoms with Gasteiger partial charge in [0.15, 0.2) is 0 Å². The van der Waals surface area contributed by atoms with Crippen LogP contribution >= 0.6 is 11.3 Å². The molecule has 8 nitrogen and oxygen atoms in total. The SMILES string of the molecule is O=C1C[C@@H]2CC[C@H](CNC(=O)c3cc(F)ccc3OCCN1)N2C(=O)c1ccc2ncsc2c1. The van der Waals surface area contributed by atoms with Gasteiger partial charge in [-0.05, 0) is 49.2 Å². The van der Waals surface area contributed by atoms with E-state index in [-0.39, 0.29) is 61.3 Å². The van der Waals surface area contributed by atoms with Crippen LogP contribution in [0, 0.1) is 5.82 Å². The first-order valence-electron chi connectivity index (χ1n) is 11.1. The molecule has 0 unspecified atom stereocenters. The molecule has 2 bridgehead atoms. The van der Waals surface area contributed by atoms with Gasteiger partial charge in [0.25, 0.3) is 11.8 Å². The quantitative estimate of drug-likeness (QED) is 0.556. The number of nitrogens with one attached hydrogen (secondary N) is 2. The van der Waals surface area contributed by atoms with E-state index < -0.39 is 11.7 Å². The molecular weight excluding hydrogens is 459 g/mol. The van der Waals surface area contributed by atoms with Crippen LogP contribution in [0.3, 0.4) is 0 Å². The van der Waals surface area contributed by atoms with Crippen molar-refractivity contribution in [1.29, 1.82) is 0 Å². The second-order valence-electron chi connectivity index (χ2n) is 8.39. The number of hydrogen-bond donors (Lipinski definition) is 2. The number of halogens is 1. The Morgan fingerprint density at radius 1 is 1.12 bits per heavy atom. The molecule has 3 heterocycles. The van der Waals surface area contributed by atoms with Crippen molar-refractivity contribution in [3.8, 4) is 5.75 Å². The zero-order valence-corrected chi connectivity index (χ0v) is 19.1. The van der Waals surface area contributed by atoms with Gasteiger partial charge < -0.3 is 20.3 Å². The van der Waals surface area contributed by atoms with Gasteiger partial charge in [0.1, 0.15) is 18.2 Å². The lowest BCUT2D eigenvalue weighted by Crippen LogP contribution is -2.48. The van der Waals surface area contributed by atoms with Crippen LogP contribution in [0.25, 0.3) is 10.2 Å². The number of aromatic nitrogens is 1. The molecule has 5 rings (SSSR count). The predicted octanol–water partition coefficient (Wildman–Crippen LogP) is 2.74. The maximum atomic E-state index is 13.8. The normalized spacial score (nSPS) is 21.3. The highest BCUT2D eigenvalue weighted by Gasteiger charge is 2.38. The Morgan fingerprint density at radius 3 is 2.85 bits per heavy atom. The first-order chi connectivity index (χ1) is 16.5. The molecular formula is C24H23FN4O4S. The molecule has 2 aliphatic rings. The Labute approximate surface area is 199 Å². The number of nitrogens with zero attached hydrogens (tertiary/aromatic N) is 2. The molecule has 1 saturated heterocycles. The Balaban J connectivity index is 1.44. The smallest absolute Gasteiger partial charge is 0.255 e. The monoisotopic (exact) mass is 482 g/mol. The summed E-state index contributed by atoms with van der Waals surface area (Å²) in [4.78, 5) is 45.1. The van der Waals surface area contributed by atoms with Crippen LogP contribution in [0.2, 0.25) is 0 Å². The van der Waals surface area contributed by atoms with E-state index >= 15 is 0 Å². The molecule has 0 saturated carbocycles. The fraction of sp³-hybridized carbons (Fsp3) is 0.333. The highest BCUT2D eigenvalue weighted by molar-refractivity contribution is 7.16. The van der Waals surface area contributed by atoms with Gasteiger partial charge in [-0.25, -0.2) is 9.37 Å². The maximum absolute atomic E-state index is 13.8. The van der Waals surface area contributed by atoms with Crippen molar-refractivity contribution in [2.45, 2.75) is 31.3 Å². The summed E-state index contributed by atoms with van der Waals surface area (Å²) < 4.78 is 20.4. The highest BCUT2D eigenvalue weighted by atomic mass is 32.1. The van der Waals surface area contributed by atoms with Crippen LogP contribution in [0.4, 0.5) is 4.39 Å². The number of carbonyl (C=O) groups excluding carboxylic acids is 3. The van der Waals surface area contributed by atoms with Gasteiger partial charge in [-0.15, -0.1) is 11.3 Å². The zero-order chi connectivity index (χ0) is 23.7. The number of thiazole rings is 1. The van der Waals surface area contributed by atoms with E-state index in [1.54, 1.807) is 16.5 Å². The van der Waals surface area contributed by atoms with Crippen LogP contribution in [-0.4, -0.2) is 59.4 Å². The first kappa shape index (κ1) is 22.3. The summed E-state index contributed by atoms with van der Waals surface area (Å²) >= 11 is 1.46. The third-order valence-corrected chi connectivity index (χ3v) is 7.01. The van der Waals surface area contributed by atoms with Crippen molar-refractivity contribution in [2.75, 3.05) is 19.7 Å². The summed E-state index contributed by atoms with van der Waals surface area (Å²) in [5, 5.41) is 5.64. The number of rotatable bonds is 1. The fourth-order valence-corrected chi connectivity index (χ4v) is 5.30. The first-order valence-corrected chi connectivity index (χ1v) is 12.0. The number of benzene rings is 2. The van der Waals surface area contributed by atoms with E-state index in [4.69, 9.17) is 4.74 Å². The summed E-state index contributed by atoms with van der Waals surface area (Å²) in [6, 6.07) is 8.52. The standard InChI is InChI=1S/C24H23FN4O4S/c25-15-2-6-20-18(10-15)23(31)27-12-17-4-3-16(11-22(30)26-7-8-33-20)29(17)24(32)14-1-5-19-21(9-14)34-13-28-19/h1-2,5-6,9-10,13,16-17H,3-4,7-8,11-12H2,(H,26,30)(H,27,31)/t16-,17+/m0/s1. The molecule has 2 aliphatic heterocycles. The average Bonchev–Trinajstić information content (AvgIpc) is 3.46. The number of amides is 3. The molecule has 0 spiro atoms. The maximum Gasteiger partial charge on any atom is 0.255 e. The van der Waals surface area contributed by atoms with Crippen molar-refractivity contribution in [2.24, 2.45) is 0 Å². The second kappa shape index (κ2) is 9.38. The summed E-state index contributed by atoms with van der Waals surface area (Å²) in [5.74, 6) is -1.15. The summed E-state index contributed by atoms with van der Waals surface area (Å²) in [6.07, 6.45) is 1.45. The minimum Gasteiger partial charge on any atom is -0.491 e. The molecule has 176 valence electrons. The van der Waals surface area contributed by atoms with Crippen LogP contribution in [-0.2, 0) is 4.79 Å². The van der Waals surface area contributed by atoms with Crippen molar-refractivity contribution in [3.63, 3.8) is 0 Å². The minimum atomic E-state index is -0.553. The molecule has 0 aliphatic carbocycles. The Kier molecular flexibility index (Phi) is 6.14. The van der Waals surface area contributed by atoms with Crippen LogP contribution in [0.15, 0.2) is 41.9 Å². The van der Waals surface area contributed by atoms with E-state index in [2.05, 4.69) is 15.6 Å². The third-order valence-electron chi connectivity index (χ3n) is 6.22. The van der Waals surface area contributed by atoms with Gasteiger partial charge in [0.05, 0.1) is 27.8 Å². The fourth-order valence-electron chi connectivity index (χ4n) is 4.58. The number of fused-ring (bicyclic) bond motifs is 4. The molecule has 10 heteroatoms. The lowest BCUT2D eigenvalue weighted by Gasteiger charge is -2.31. The second-order valence-corrected chi connectivity index (χ2v) is 9.27.